The Kier molecular flexibility index (Phi) is 6.98. The number of anilines is 1. The van der Waals surface area contributed by atoms with Crippen molar-refractivity contribution in [3.63, 3.8) is 0 Å². The van der Waals surface area contributed by atoms with Gasteiger partial charge in [-0.05, 0) is 49.2 Å². The van der Waals surface area contributed by atoms with Crippen LogP contribution in [-0.4, -0.2) is 38.3 Å². The fourth-order valence-electron chi connectivity index (χ4n) is 2.65. The van der Waals surface area contributed by atoms with Crippen LogP contribution in [0.3, 0.4) is 0 Å². The summed E-state index contributed by atoms with van der Waals surface area (Å²) >= 11 is 0. The zero-order valence-electron chi connectivity index (χ0n) is 16.2. The summed E-state index contributed by atoms with van der Waals surface area (Å²) < 4.78 is 32.2. The average Bonchev–Trinajstić information content (AvgIpc) is 2.63. The van der Waals surface area contributed by atoms with Gasteiger partial charge in [-0.15, -0.1) is 0 Å². The Morgan fingerprint density at radius 1 is 1.07 bits per heavy atom. The molecule has 0 unspecified atom stereocenters. The summed E-state index contributed by atoms with van der Waals surface area (Å²) in [5, 5.41) is 2.69. The van der Waals surface area contributed by atoms with Gasteiger partial charge in [-0.2, -0.15) is 4.31 Å². The summed E-state index contributed by atoms with van der Waals surface area (Å²) in [5.41, 5.74) is 2.41. The summed E-state index contributed by atoms with van der Waals surface area (Å²) in [5.74, 6) is 0.302. The predicted octanol–water partition coefficient (Wildman–Crippen LogP) is 3.35. The number of rotatable bonds is 8. The van der Waals surface area contributed by atoms with Crippen LogP contribution >= 0.6 is 0 Å². The minimum absolute atomic E-state index is 0.152. The highest BCUT2D eigenvalue weighted by molar-refractivity contribution is 7.89. The van der Waals surface area contributed by atoms with E-state index in [2.05, 4.69) is 5.32 Å². The Morgan fingerprint density at radius 2 is 1.78 bits per heavy atom. The van der Waals surface area contributed by atoms with Crippen molar-refractivity contribution in [2.24, 2.45) is 0 Å². The van der Waals surface area contributed by atoms with Crippen molar-refractivity contribution in [3.8, 4) is 5.75 Å². The highest BCUT2D eigenvalue weighted by atomic mass is 32.2. The van der Waals surface area contributed by atoms with Crippen LogP contribution in [0.1, 0.15) is 25.0 Å². The summed E-state index contributed by atoms with van der Waals surface area (Å²) in [6.45, 7) is 8.06. The van der Waals surface area contributed by atoms with Crippen molar-refractivity contribution in [1.82, 2.24) is 4.31 Å². The standard InChI is InChI=1S/C20H26N2O4S/c1-5-22(6-2)27(24,25)18-9-7-8-17(13-18)21-20(23)14-26-19-12-15(3)10-11-16(19)4/h7-13H,5-6,14H2,1-4H3,(H,21,23). The monoisotopic (exact) mass is 390 g/mol. The third kappa shape index (κ3) is 5.30. The third-order valence-electron chi connectivity index (χ3n) is 4.16. The summed E-state index contributed by atoms with van der Waals surface area (Å²) in [4.78, 5) is 12.3. The van der Waals surface area contributed by atoms with Gasteiger partial charge < -0.3 is 10.1 Å². The number of sulfonamides is 1. The molecule has 0 saturated heterocycles. The minimum Gasteiger partial charge on any atom is -0.483 e. The number of nitrogens with zero attached hydrogens (tertiary/aromatic N) is 1. The lowest BCUT2D eigenvalue weighted by Crippen LogP contribution is -2.30. The molecule has 1 amide bonds. The molecule has 27 heavy (non-hydrogen) atoms. The molecule has 0 fully saturated rings. The van der Waals surface area contributed by atoms with Gasteiger partial charge in [0.15, 0.2) is 6.61 Å². The van der Waals surface area contributed by atoms with Crippen molar-refractivity contribution in [2.75, 3.05) is 25.0 Å². The van der Waals surface area contributed by atoms with Crippen molar-refractivity contribution in [1.29, 1.82) is 0 Å². The maximum absolute atomic E-state index is 12.6. The van der Waals surface area contributed by atoms with Crippen LogP contribution in [0, 0.1) is 13.8 Å². The molecule has 146 valence electrons. The van der Waals surface area contributed by atoms with E-state index in [-0.39, 0.29) is 17.4 Å². The van der Waals surface area contributed by atoms with Crippen molar-refractivity contribution >= 4 is 21.6 Å². The van der Waals surface area contributed by atoms with Gasteiger partial charge in [0.25, 0.3) is 5.91 Å². The van der Waals surface area contributed by atoms with Crippen molar-refractivity contribution < 1.29 is 17.9 Å². The molecule has 0 aliphatic rings. The van der Waals surface area contributed by atoms with Crippen LogP contribution < -0.4 is 10.1 Å². The first-order valence-electron chi connectivity index (χ1n) is 8.88. The Morgan fingerprint density at radius 3 is 2.44 bits per heavy atom. The predicted molar refractivity (Wildman–Crippen MR) is 107 cm³/mol. The van der Waals surface area contributed by atoms with Crippen LogP contribution in [0.25, 0.3) is 0 Å². The number of ether oxygens (including phenoxy) is 1. The fraction of sp³-hybridized carbons (Fsp3) is 0.350. The minimum atomic E-state index is -3.57. The first kappa shape index (κ1) is 20.9. The second kappa shape index (κ2) is 9.01. The third-order valence-corrected chi connectivity index (χ3v) is 6.21. The maximum atomic E-state index is 12.6. The molecular weight excluding hydrogens is 364 g/mol. The van der Waals surface area contributed by atoms with Gasteiger partial charge in [-0.25, -0.2) is 8.42 Å². The largest absolute Gasteiger partial charge is 0.483 e. The van der Waals surface area contributed by atoms with Gasteiger partial charge >= 0.3 is 0 Å². The molecule has 0 saturated carbocycles. The lowest BCUT2D eigenvalue weighted by atomic mass is 10.1. The van der Waals surface area contributed by atoms with Crippen LogP contribution in [0.2, 0.25) is 0 Å². The summed E-state index contributed by atoms with van der Waals surface area (Å²) in [7, 11) is -3.57. The molecule has 0 radical (unpaired) electrons. The highest BCUT2D eigenvalue weighted by Gasteiger charge is 2.21. The quantitative estimate of drug-likeness (QED) is 0.750. The number of benzene rings is 2. The van der Waals surface area contributed by atoms with E-state index in [1.54, 1.807) is 26.0 Å². The molecule has 0 bridgehead atoms. The van der Waals surface area contributed by atoms with E-state index in [4.69, 9.17) is 4.74 Å². The molecule has 0 aromatic heterocycles. The Labute approximate surface area is 161 Å². The van der Waals surface area contributed by atoms with E-state index in [1.807, 2.05) is 32.0 Å². The molecule has 1 N–H and O–H groups in total. The van der Waals surface area contributed by atoms with Crippen LogP contribution in [0.5, 0.6) is 5.75 Å². The van der Waals surface area contributed by atoms with Crippen LogP contribution in [0.4, 0.5) is 5.69 Å². The molecule has 0 heterocycles. The first-order chi connectivity index (χ1) is 12.8. The van der Waals surface area contributed by atoms with Gasteiger partial charge in [-0.1, -0.05) is 32.0 Å². The molecule has 2 aromatic rings. The highest BCUT2D eigenvalue weighted by Crippen LogP contribution is 2.21. The van der Waals surface area contributed by atoms with Crippen molar-refractivity contribution in [2.45, 2.75) is 32.6 Å². The number of hydrogen-bond donors (Lipinski definition) is 1. The van der Waals surface area contributed by atoms with E-state index in [1.165, 1.54) is 16.4 Å². The topological polar surface area (TPSA) is 75.7 Å². The number of nitrogens with one attached hydrogen (secondary N) is 1. The lowest BCUT2D eigenvalue weighted by Gasteiger charge is -2.19. The Hall–Kier alpha value is -2.38. The van der Waals surface area contributed by atoms with Crippen LogP contribution in [0.15, 0.2) is 47.4 Å². The van der Waals surface area contributed by atoms with E-state index < -0.39 is 10.0 Å². The maximum Gasteiger partial charge on any atom is 0.262 e. The van der Waals surface area contributed by atoms with Gasteiger partial charge in [0.1, 0.15) is 5.75 Å². The zero-order chi connectivity index (χ0) is 20.0. The Balaban J connectivity index is 2.07. The second-order valence-corrected chi connectivity index (χ2v) is 8.16. The van der Waals surface area contributed by atoms with Gasteiger partial charge in [0.05, 0.1) is 4.90 Å². The molecule has 7 heteroatoms. The number of carbonyl (C=O) groups excluding carboxylic acids is 1. The first-order valence-corrected chi connectivity index (χ1v) is 10.3. The van der Waals surface area contributed by atoms with Crippen LogP contribution in [-0.2, 0) is 14.8 Å². The molecule has 0 aliphatic carbocycles. The van der Waals surface area contributed by atoms with Gasteiger partial charge in [0, 0.05) is 18.8 Å². The molecule has 2 aromatic carbocycles. The Bertz CT molecular complexity index is 906. The number of hydrogen-bond acceptors (Lipinski definition) is 4. The number of amides is 1. The SMILES string of the molecule is CCN(CC)S(=O)(=O)c1cccc(NC(=O)COc2cc(C)ccc2C)c1. The van der Waals surface area contributed by atoms with Crippen molar-refractivity contribution in [3.05, 3.63) is 53.6 Å². The van der Waals surface area contributed by atoms with E-state index in [0.29, 0.717) is 24.5 Å². The van der Waals surface area contributed by atoms with E-state index in [0.717, 1.165) is 11.1 Å². The molecular formula is C20H26N2O4S. The van der Waals surface area contributed by atoms with E-state index in [9.17, 15) is 13.2 Å². The lowest BCUT2D eigenvalue weighted by molar-refractivity contribution is -0.118. The van der Waals surface area contributed by atoms with Gasteiger partial charge in [0.2, 0.25) is 10.0 Å². The van der Waals surface area contributed by atoms with E-state index >= 15 is 0 Å². The fourth-order valence-corrected chi connectivity index (χ4v) is 4.15. The zero-order valence-corrected chi connectivity index (χ0v) is 17.0. The number of carbonyl (C=O) groups is 1. The van der Waals surface area contributed by atoms with Gasteiger partial charge in [-0.3, -0.25) is 4.79 Å². The average molecular weight is 391 g/mol. The molecule has 0 aliphatic heterocycles. The molecule has 6 nitrogen and oxygen atoms in total. The molecule has 2 rings (SSSR count). The summed E-state index contributed by atoms with van der Waals surface area (Å²) in [6, 6.07) is 12.0. The molecule has 0 atom stereocenters. The normalized spacial score (nSPS) is 11.4. The second-order valence-electron chi connectivity index (χ2n) is 6.22. The number of aryl methyl sites for hydroxylation is 2. The summed E-state index contributed by atoms with van der Waals surface area (Å²) in [6.07, 6.45) is 0. The molecule has 0 spiro atoms. The smallest absolute Gasteiger partial charge is 0.262 e.